The Balaban J connectivity index is 0.000000196. The summed E-state index contributed by atoms with van der Waals surface area (Å²) < 4.78 is 0. The highest BCUT2D eigenvalue weighted by Crippen LogP contribution is 2.28. The topological polar surface area (TPSA) is 94.8 Å². The van der Waals surface area contributed by atoms with Crippen LogP contribution in [0, 0.1) is 11.8 Å². The molecule has 5 unspecified atom stereocenters. The van der Waals surface area contributed by atoms with E-state index >= 15 is 0 Å². The summed E-state index contributed by atoms with van der Waals surface area (Å²) in [4.78, 5) is 21.7. The first-order chi connectivity index (χ1) is 16.7. The van der Waals surface area contributed by atoms with Gasteiger partial charge in [0, 0.05) is 11.5 Å². The second-order valence-electron chi connectivity index (χ2n) is 9.30. The Kier molecular flexibility index (Phi) is 10.3. The Morgan fingerprint density at radius 3 is 1.74 bits per heavy atom. The van der Waals surface area contributed by atoms with Gasteiger partial charge in [0.2, 0.25) is 0 Å². The van der Waals surface area contributed by atoms with Gasteiger partial charge in [-0.2, -0.15) is 11.8 Å². The molecule has 2 heterocycles. The average molecular weight is 515 g/mol. The van der Waals surface area contributed by atoms with Crippen molar-refractivity contribution in [2.75, 3.05) is 17.3 Å². The zero-order valence-electron chi connectivity index (χ0n) is 20.2. The molecule has 2 aliphatic heterocycles. The Morgan fingerprint density at radius 2 is 1.34 bits per heavy atom. The van der Waals surface area contributed by atoms with Gasteiger partial charge in [-0.15, -0.1) is 11.8 Å². The molecule has 5 atom stereocenters. The Labute approximate surface area is 216 Å². The zero-order chi connectivity index (χ0) is 25.4. The molecule has 7 heteroatoms. The fraction of sp³-hybridized carbons (Fsp3) is 0.429. The van der Waals surface area contributed by atoms with Gasteiger partial charge in [-0.3, -0.25) is 9.59 Å². The van der Waals surface area contributed by atoms with Crippen LogP contribution in [0.25, 0.3) is 0 Å². The molecule has 0 aliphatic carbocycles. The quantitative estimate of drug-likeness (QED) is 0.432. The van der Waals surface area contributed by atoms with E-state index in [2.05, 4.69) is 11.5 Å². The molecule has 0 amide bonds. The second kappa shape index (κ2) is 13.2. The average Bonchev–Trinajstić information content (AvgIpc) is 3.51. The van der Waals surface area contributed by atoms with E-state index in [1.165, 1.54) is 11.1 Å². The predicted molar refractivity (Wildman–Crippen MR) is 144 cm³/mol. The molecule has 0 radical (unpaired) electrons. The number of thioether (sulfide) groups is 2. The number of aliphatic carboxylic acids is 2. The first-order valence-corrected chi connectivity index (χ1v) is 14.1. The van der Waals surface area contributed by atoms with Crippen LogP contribution in [0.5, 0.6) is 0 Å². The van der Waals surface area contributed by atoms with E-state index in [-0.39, 0.29) is 6.10 Å². The minimum Gasteiger partial charge on any atom is -0.481 e. The Bertz CT molecular complexity index is 1000. The fourth-order valence-electron chi connectivity index (χ4n) is 4.09. The maximum atomic E-state index is 10.9. The van der Waals surface area contributed by atoms with Gasteiger partial charge < -0.3 is 15.3 Å². The first-order valence-electron chi connectivity index (χ1n) is 11.9. The molecule has 1 saturated heterocycles. The molecule has 4 rings (SSSR count). The van der Waals surface area contributed by atoms with Gasteiger partial charge in [0.15, 0.2) is 0 Å². The van der Waals surface area contributed by atoms with Crippen molar-refractivity contribution < 1.29 is 24.9 Å². The van der Waals surface area contributed by atoms with Crippen LogP contribution in [0.3, 0.4) is 0 Å². The van der Waals surface area contributed by atoms with Gasteiger partial charge in [-0.05, 0) is 71.9 Å². The van der Waals surface area contributed by atoms with Gasteiger partial charge >= 0.3 is 11.9 Å². The molecule has 0 bridgehead atoms. The van der Waals surface area contributed by atoms with Crippen LogP contribution < -0.4 is 0 Å². The van der Waals surface area contributed by atoms with E-state index in [1.807, 2.05) is 60.3 Å². The molecule has 0 spiro atoms. The number of rotatable bonds is 8. The van der Waals surface area contributed by atoms with E-state index in [4.69, 9.17) is 10.2 Å². The summed E-state index contributed by atoms with van der Waals surface area (Å²) in [7, 11) is 0. The van der Waals surface area contributed by atoms with Crippen molar-refractivity contribution in [3.8, 4) is 0 Å². The van der Waals surface area contributed by atoms with Crippen molar-refractivity contribution in [1.82, 2.24) is 0 Å². The van der Waals surface area contributed by atoms with E-state index in [1.54, 1.807) is 25.6 Å². The summed E-state index contributed by atoms with van der Waals surface area (Å²) in [5.74, 6) is 1.50. The maximum absolute atomic E-state index is 10.9. The van der Waals surface area contributed by atoms with Crippen LogP contribution >= 0.6 is 23.5 Å². The van der Waals surface area contributed by atoms with Gasteiger partial charge in [0.1, 0.15) is 0 Å². The standard InChI is InChI=1S/C14H18O3S.C14H16O2S/c1-9(14(16)17)11-4-2-10(3-5-11)6-12-7-18-8-13(12)15;1-10(14(15)16)13-4-2-11(3-5-13)8-12-6-7-17-9-12/h2-5,9,12-13,15H,6-8H2,1H3,(H,16,17);2-7,10,12H,8-9H2,1H3,(H,15,16). The van der Waals surface area contributed by atoms with E-state index in [9.17, 15) is 14.7 Å². The maximum Gasteiger partial charge on any atom is 0.310 e. The lowest BCUT2D eigenvalue weighted by Gasteiger charge is -2.14. The van der Waals surface area contributed by atoms with Crippen LogP contribution in [-0.2, 0) is 22.4 Å². The fourth-order valence-corrected chi connectivity index (χ4v) is 6.30. The summed E-state index contributed by atoms with van der Waals surface area (Å²) in [6.07, 6.45) is 3.96. The zero-order valence-corrected chi connectivity index (χ0v) is 21.8. The number of hydrogen-bond donors (Lipinski definition) is 3. The molecule has 2 aromatic carbocycles. The molecule has 35 heavy (non-hydrogen) atoms. The molecule has 5 nitrogen and oxygen atoms in total. The van der Waals surface area contributed by atoms with Crippen LogP contribution in [0.15, 0.2) is 60.0 Å². The molecule has 188 valence electrons. The number of carbonyl (C=O) groups is 2. The van der Waals surface area contributed by atoms with E-state index in [0.29, 0.717) is 11.8 Å². The van der Waals surface area contributed by atoms with Crippen LogP contribution in [0.4, 0.5) is 0 Å². The molecular formula is C28H34O5S2. The summed E-state index contributed by atoms with van der Waals surface area (Å²) in [5.41, 5.74) is 4.15. The van der Waals surface area contributed by atoms with E-state index in [0.717, 1.165) is 41.2 Å². The Hall–Kier alpha value is -2.22. The third-order valence-electron chi connectivity index (χ3n) is 6.62. The molecule has 0 saturated carbocycles. The largest absolute Gasteiger partial charge is 0.481 e. The highest BCUT2D eigenvalue weighted by molar-refractivity contribution is 8.02. The third-order valence-corrected chi connectivity index (χ3v) is 8.83. The number of allylic oxidation sites excluding steroid dienone is 1. The lowest BCUT2D eigenvalue weighted by molar-refractivity contribution is -0.139. The summed E-state index contributed by atoms with van der Waals surface area (Å²) >= 11 is 3.65. The predicted octanol–water partition coefficient (Wildman–Crippen LogP) is 5.44. The number of aliphatic hydroxyl groups is 1. The van der Waals surface area contributed by atoms with Gasteiger partial charge in [-0.1, -0.05) is 54.6 Å². The minimum absolute atomic E-state index is 0.201. The SMILES string of the molecule is CC(C(=O)O)c1ccc(CC2C=CSC2)cc1.CC(C(=O)O)c1ccc(CC2CSCC2O)cc1. The molecule has 2 aromatic rings. The number of hydrogen-bond acceptors (Lipinski definition) is 5. The number of carboxylic acid groups (broad SMARTS) is 2. The second-order valence-corrected chi connectivity index (χ2v) is 11.3. The minimum atomic E-state index is -0.801. The summed E-state index contributed by atoms with van der Waals surface area (Å²) in [6, 6.07) is 15.7. The number of carboxylic acids is 2. The normalized spacial score (nSPS) is 22.8. The molecule has 1 fully saturated rings. The lowest BCUT2D eigenvalue weighted by Crippen LogP contribution is -2.19. The van der Waals surface area contributed by atoms with Crippen molar-refractivity contribution >= 4 is 35.5 Å². The van der Waals surface area contributed by atoms with Gasteiger partial charge in [0.05, 0.1) is 17.9 Å². The molecule has 0 aromatic heterocycles. The highest BCUT2D eigenvalue weighted by atomic mass is 32.2. The number of benzene rings is 2. The van der Waals surface area contributed by atoms with Gasteiger partial charge in [0.25, 0.3) is 0 Å². The summed E-state index contributed by atoms with van der Waals surface area (Å²) in [5, 5.41) is 29.8. The van der Waals surface area contributed by atoms with Crippen molar-refractivity contribution in [2.45, 2.75) is 44.6 Å². The first kappa shape index (κ1) is 27.4. The Morgan fingerprint density at radius 1 is 0.829 bits per heavy atom. The molecule has 3 N–H and O–H groups in total. The smallest absolute Gasteiger partial charge is 0.310 e. The van der Waals surface area contributed by atoms with Crippen molar-refractivity contribution in [1.29, 1.82) is 0 Å². The highest BCUT2D eigenvalue weighted by Gasteiger charge is 2.25. The summed E-state index contributed by atoms with van der Waals surface area (Å²) in [6.45, 7) is 3.41. The van der Waals surface area contributed by atoms with Crippen LogP contribution in [0.2, 0.25) is 0 Å². The van der Waals surface area contributed by atoms with Crippen molar-refractivity contribution in [2.24, 2.45) is 11.8 Å². The van der Waals surface area contributed by atoms with Crippen molar-refractivity contribution in [3.63, 3.8) is 0 Å². The molecule has 2 aliphatic rings. The lowest BCUT2D eigenvalue weighted by atomic mass is 9.94. The van der Waals surface area contributed by atoms with Crippen molar-refractivity contribution in [3.05, 3.63) is 82.3 Å². The number of aliphatic hydroxyl groups excluding tert-OH is 1. The third kappa shape index (κ3) is 8.16. The molecular weight excluding hydrogens is 480 g/mol. The van der Waals surface area contributed by atoms with Crippen LogP contribution in [-0.4, -0.2) is 50.6 Å². The van der Waals surface area contributed by atoms with Crippen LogP contribution in [0.1, 0.15) is 47.9 Å². The van der Waals surface area contributed by atoms with E-state index < -0.39 is 23.8 Å². The monoisotopic (exact) mass is 514 g/mol. The van der Waals surface area contributed by atoms with Gasteiger partial charge in [-0.25, -0.2) is 0 Å².